The zero-order valence-electron chi connectivity index (χ0n) is 20.8. The molecule has 0 saturated heterocycles. The Morgan fingerprint density at radius 3 is 2.58 bits per heavy atom. The number of benzene rings is 2. The minimum atomic E-state index is -1.63. The molecule has 1 atom stereocenters. The first-order valence-electron chi connectivity index (χ1n) is 11.3. The fourth-order valence-electron chi connectivity index (χ4n) is 2.91. The zero-order valence-corrected chi connectivity index (χ0v) is 23.3. The Balaban J connectivity index is 1.53. The highest BCUT2D eigenvalue weighted by Crippen LogP contribution is 2.29. The van der Waals surface area contributed by atoms with Crippen LogP contribution in [-0.4, -0.2) is 51.8 Å². The van der Waals surface area contributed by atoms with Crippen LogP contribution in [0.5, 0.6) is 11.5 Å². The monoisotopic (exact) mass is 609 g/mol. The molecule has 3 rings (SSSR count). The summed E-state index contributed by atoms with van der Waals surface area (Å²) < 4.78 is 31.5. The van der Waals surface area contributed by atoms with Gasteiger partial charge in [-0.25, -0.2) is 13.8 Å². The van der Waals surface area contributed by atoms with E-state index >= 15 is 0 Å². The lowest BCUT2D eigenvalue weighted by atomic mass is 10.2. The third-order valence-corrected chi connectivity index (χ3v) is 7.44. The van der Waals surface area contributed by atoms with Gasteiger partial charge in [-0.05, 0) is 72.8 Å². The Bertz CT molecular complexity index is 1380. The number of unbranched alkanes of at least 4 members (excludes halogenated alkanes) is 1. The van der Waals surface area contributed by atoms with Crippen molar-refractivity contribution in [2.45, 2.75) is 22.1 Å². The Morgan fingerprint density at radius 1 is 1.15 bits per heavy atom. The van der Waals surface area contributed by atoms with Crippen LogP contribution in [-0.2, 0) is 25.4 Å². The van der Waals surface area contributed by atoms with Crippen molar-refractivity contribution in [3.05, 3.63) is 69.8 Å². The third kappa shape index (κ3) is 9.60. The zero-order chi connectivity index (χ0) is 28.9. The van der Waals surface area contributed by atoms with Crippen molar-refractivity contribution in [1.29, 1.82) is 0 Å². The number of esters is 2. The highest BCUT2D eigenvalue weighted by Gasteiger charge is 2.15. The van der Waals surface area contributed by atoms with Gasteiger partial charge in [-0.1, -0.05) is 17.4 Å². The summed E-state index contributed by atoms with van der Waals surface area (Å²) in [6.45, 7) is 0.0247. The summed E-state index contributed by atoms with van der Waals surface area (Å²) in [5.74, 6) is -0.841. The lowest BCUT2D eigenvalue weighted by Gasteiger charge is -2.10. The number of hydrogen-bond donors (Lipinski definition) is 2. The predicted molar refractivity (Wildman–Crippen MR) is 147 cm³/mol. The lowest BCUT2D eigenvalue weighted by Crippen LogP contribution is -2.10. The van der Waals surface area contributed by atoms with Crippen molar-refractivity contribution in [2.24, 2.45) is 5.14 Å². The average molecular weight is 610 g/mol. The van der Waals surface area contributed by atoms with Gasteiger partial charge in [0.2, 0.25) is 5.13 Å². The second kappa shape index (κ2) is 15.5. The molecule has 0 amide bonds. The molecule has 0 bridgehead atoms. The fourth-order valence-corrected chi connectivity index (χ4v) is 4.85. The van der Waals surface area contributed by atoms with Gasteiger partial charge in [0.15, 0.2) is 26.8 Å². The number of nitrogens with two attached hydrogens (primary N) is 1. The van der Waals surface area contributed by atoms with Gasteiger partial charge in [0.1, 0.15) is 0 Å². The predicted octanol–water partition coefficient (Wildman–Crippen LogP) is 3.41. The smallest absolute Gasteiger partial charge is 0.343 e. The highest BCUT2D eigenvalue weighted by molar-refractivity contribution is 7.99. The molecule has 0 fully saturated rings. The molecule has 0 aliphatic rings. The van der Waals surface area contributed by atoms with Crippen LogP contribution in [0.3, 0.4) is 0 Å². The first-order valence-corrected chi connectivity index (χ1v) is 14.1. The molecule has 3 aromatic rings. The Labute approximate surface area is 238 Å². The molecular formula is C23H23N5O9S3. The first kappa shape index (κ1) is 30.5. The number of rotatable bonds is 15. The minimum Gasteiger partial charge on any atom is -0.493 e. The highest BCUT2D eigenvalue weighted by atomic mass is 32.2. The van der Waals surface area contributed by atoms with Crippen molar-refractivity contribution >= 4 is 57.4 Å². The minimum absolute atomic E-state index is 0.0666. The second-order valence-electron chi connectivity index (χ2n) is 7.45. The molecule has 3 N–H and O–H groups in total. The second-order valence-corrected chi connectivity index (χ2v) is 10.5. The number of aromatic nitrogens is 2. The number of hydrogen-bond acceptors (Lipinski definition) is 14. The van der Waals surface area contributed by atoms with Crippen molar-refractivity contribution in [2.75, 3.05) is 25.0 Å². The maximum atomic E-state index is 12.7. The van der Waals surface area contributed by atoms with Crippen LogP contribution < -0.4 is 19.3 Å². The van der Waals surface area contributed by atoms with Crippen molar-refractivity contribution in [3.63, 3.8) is 0 Å². The summed E-state index contributed by atoms with van der Waals surface area (Å²) in [6, 6.07) is 10.7. The van der Waals surface area contributed by atoms with Crippen molar-refractivity contribution in [3.8, 4) is 11.5 Å². The SMILES string of the molecule is COc1cc(/C=C/C(=O)OCCCCO[N+](=O)[O-])ccc1OC(=O)c1ccc(S(=O)Nc2nnc(SN)s2)cc1. The Kier molecular flexibility index (Phi) is 11.8. The van der Waals surface area contributed by atoms with Gasteiger partial charge in [-0.15, -0.1) is 20.3 Å². The Morgan fingerprint density at radius 2 is 1.90 bits per heavy atom. The van der Waals surface area contributed by atoms with E-state index in [9.17, 15) is 23.9 Å². The molecule has 0 aliphatic carbocycles. The number of carbonyl (C=O) groups excluding carboxylic acids is 2. The Hall–Kier alpha value is -4.06. The number of nitrogens with one attached hydrogen (secondary N) is 1. The van der Waals surface area contributed by atoms with Crippen LogP contribution in [0, 0.1) is 10.1 Å². The standard InChI is InChI=1S/C23H23N5O9S3/c1-34-19-14-15(5-11-20(29)35-12-2-3-13-36-28(31)32)4-10-18(19)37-21(30)16-6-8-17(9-7-16)40(33)27-22-25-26-23(38-22)39-24/h4-11,14H,2-3,12-13,24H2,1H3,(H,25,27)/b11-5+. The number of methoxy groups -OCH3 is 1. The molecule has 0 saturated carbocycles. The van der Waals surface area contributed by atoms with E-state index in [0.29, 0.717) is 32.8 Å². The molecule has 1 unspecified atom stereocenters. The van der Waals surface area contributed by atoms with E-state index in [4.69, 9.17) is 19.3 Å². The van der Waals surface area contributed by atoms with Gasteiger partial charge in [0.05, 0.1) is 30.8 Å². The van der Waals surface area contributed by atoms with Gasteiger partial charge < -0.3 is 19.0 Å². The van der Waals surface area contributed by atoms with E-state index in [1.54, 1.807) is 12.1 Å². The maximum Gasteiger partial charge on any atom is 0.343 e. The molecule has 1 heterocycles. The van der Waals surface area contributed by atoms with Crippen LogP contribution >= 0.6 is 23.3 Å². The van der Waals surface area contributed by atoms with E-state index in [0.717, 1.165) is 23.3 Å². The van der Waals surface area contributed by atoms with E-state index in [-0.39, 0.29) is 30.3 Å². The average Bonchev–Trinajstić information content (AvgIpc) is 3.41. The number of anilines is 1. The number of carbonyl (C=O) groups is 2. The number of nitrogens with zero attached hydrogens (tertiary/aromatic N) is 3. The molecule has 2 aromatic carbocycles. The molecule has 212 valence electrons. The van der Waals surface area contributed by atoms with E-state index in [2.05, 4.69) is 19.8 Å². The fraction of sp³-hybridized carbons (Fsp3) is 0.217. The van der Waals surface area contributed by atoms with E-state index < -0.39 is 28.0 Å². The summed E-state index contributed by atoms with van der Waals surface area (Å²) in [5, 5.41) is 22.6. The lowest BCUT2D eigenvalue weighted by molar-refractivity contribution is -0.757. The van der Waals surface area contributed by atoms with Crippen LogP contribution in [0.4, 0.5) is 5.13 Å². The van der Waals surface area contributed by atoms with E-state index in [1.807, 2.05) is 0 Å². The van der Waals surface area contributed by atoms with Gasteiger partial charge in [0, 0.05) is 6.08 Å². The molecule has 40 heavy (non-hydrogen) atoms. The molecule has 1 aromatic heterocycles. The summed E-state index contributed by atoms with van der Waals surface area (Å²) in [4.78, 5) is 39.2. The third-order valence-electron chi connectivity index (χ3n) is 4.77. The molecular weight excluding hydrogens is 586 g/mol. The van der Waals surface area contributed by atoms with Crippen LogP contribution in [0.2, 0.25) is 0 Å². The summed E-state index contributed by atoms with van der Waals surface area (Å²) in [5.41, 5.74) is 0.803. The topological polar surface area (TPSA) is 195 Å². The quantitative estimate of drug-likeness (QED) is 0.0484. The normalized spacial score (nSPS) is 11.6. The molecule has 0 aliphatic heterocycles. The molecule has 0 radical (unpaired) electrons. The first-order chi connectivity index (χ1) is 19.3. The van der Waals surface area contributed by atoms with Gasteiger partial charge >= 0.3 is 11.9 Å². The summed E-state index contributed by atoms with van der Waals surface area (Å²) in [6.07, 6.45) is 3.50. The van der Waals surface area contributed by atoms with Crippen molar-refractivity contribution in [1.82, 2.24) is 10.2 Å². The molecule has 14 nitrogen and oxygen atoms in total. The van der Waals surface area contributed by atoms with Gasteiger partial charge in [0.25, 0.3) is 5.09 Å². The van der Waals surface area contributed by atoms with Crippen LogP contribution in [0.25, 0.3) is 6.08 Å². The summed E-state index contributed by atoms with van der Waals surface area (Å²) >= 11 is 2.09. The maximum absolute atomic E-state index is 12.7. The van der Waals surface area contributed by atoms with Crippen LogP contribution in [0.15, 0.2) is 57.8 Å². The largest absolute Gasteiger partial charge is 0.493 e. The molecule has 17 heteroatoms. The molecule has 0 spiro atoms. The van der Waals surface area contributed by atoms with Crippen molar-refractivity contribution < 1.29 is 37.9 Å². The van der Waals surface area contributed by atoms with Gasteiger partial charge in [-0.3, -0.25) is 9.86 Å². The van der Waals surface area contributed by atoms with Crippen LogP contribution in [0.1, 0.15) is 28.8 Å². The van der Waals surface area contributed by atoms with Gasteiger partial charge in [-0.2, -0.15) is 0 Å². The summed E-state index contributed by atoms with van der Waals surface area (Å²) in [7, 11) is -0.228. The number of ether oxygens (including phenoxy) is 3. The van der Waals surface area contributed by atoms with E-state index in [1.165, 1.54) is 49.6 Å².